The molecule has 3 aromatic carbocycles. The lowest BCUT2D eigenvalue weighted by Gasteiger charge is -2.19. The van der Waals surface area contributed by atoms with Crippen LogP contribution in [0.4, 0.5) is 5.69 Å². The average molecular weight is 415 g/mol. The first-order valence-corrected chi connectivity index (χ1v) is 10.5. The van der Waals surface area contributed by atoms with Crippen LogP contribution < -0.4 is 15.0 Å². The minimum absolute atomic E-state index is 0.0349. The summed E-state index contributed by atoms with van der Waals surface area (Å²) in [5, 5.41) is 2.87. The Hall–Kier alpha value is -3.60. The first-order chi connectivity index (χ1) is 15.1. The molecule has 0 atom stereocenters. The molecule has 0 aromatic heterocycles. The molecule has 0 saturated carbocycles. The van der Waals surface area contributed by atoms with E-state index in [2.05, 4.69) is 58.7 Å². The highest BCUT2D eigenvalue weighted by atomic mass is 16.5. The summed E-state index contributed by atoms with van der Waals surface area (Å²) in [5.74, 6) is 0.272. The topological polar surface area (TPSA) is 58.6 Å². The summed E-state index contributed by atoms with van der Waals surface area (Å²) in [4.78, 5) is 26.0. The molecule has 0 bridgehead atoms. The van der Waals surface area contributed by atoms with E-state index in [9.17, 15) is 9.59 Å². The molecular weight excluding hydrogens is 388 g/mol. The SMILES string of the molecule is CC(=O)c1cccc(OCC(=O)NCc2ccc(CN3CCc4ccccc43)cc2)c1. The molecule has 1 aliphatic rings. The Labute approximate surface area is 182 Å². The van der Waals surface area contributed by atoms with Crippen LogP contribution in [0.5, 0.6) is 5.75 Å². The van der Waals surface area contributed by atoms with Crippen LogP contribution in [0.25, 0.3) is 0 Å². The summed E-state index contributed by atoms with van der Waals surface area (Å²) < 4.78 is 5.50. The van der Waals surface area contributed by atoms with Crippen LogP contribution in [0, 0.1) is 0 Å². The minimum Gasteiger partial charge on any atom is -0.484 e. The molecule has 31 heavy (non-hydrogen) atoms. The van der Waals surface area contributed by atoms with Gasteiger partial charge < -0.3 is 15.0 Å². The molecule has 0 spiro atoms. The van der Waals surface area contributed by atoms with Gasteiger partial charge in [0.15, 0.2) is 12.4 Å². The van der Waals surface area contributed by atoms with Crippen LogP contribution in [0.1, 0.15) is 34.0 Å². The van der Waals surface area contributed by atoms with Crippen molar-refractivity contribution in [3.05, 3.63) is 95.1 Å². The van der Waals surface area contributed by atoms with E-state index in [1.807, 2.05) is 0 Å². The highest BCUT2D eigenvalue weighted by Crippen LogP contribution is 2.28. The first-order valence-electron chi connectivity index (χ1n) is 10.5. The van der Waals surface area contributed by atoms with Gasteiger partial charge in [0.25, 0.3) is 5.91 Å². The lowest BCUT2D eigenvalue weighted by atomic mass is 10.1. The molecule has 0 unspecified atom stereocenters. The number of ether oxygens (including phenoxy) is 1. The third-order valence-corrected chi connectivity index (χ3v) is 5.48. The number of carbonyl (C=O) groups is 2. The summed E-state index contributed by atoms with van der Waals surface area (Å²) in [7, 11) is 0. The number of ketones is 1. The molecule has 0 saturated heterocycles. The van der Waals surface area contributed by atoms with Crippen molar-refractivity contribution < 1.29 is 14.3 Å². The van der Waals surface area contributed by atoms with Gasteiger partial charge in [0.05, 0.1) is 0 Å². The third-order valence-electron chi connectivity index (χ3n) is 5.48. The lowest BCUT2D eigenvalue weighted by Crippen LogP contribution is -2.28. The summed E-state index contributed by atoms with van der Waals surface area (Å²) >= 11 is 0. The molecule has 158 valence electrons. The van der Waals surface area contributed by atoms with Crippen molar-refractivity contribution in [3.63, 3.8) is 0 Å². The molecule has 1 heterocycles. The zero-order chi connectivity index (χ0) is 21.6. The molecule has 1 N–H and O–H groups in total. The largest absolute Gasteiger partial charge is 0.484 e. The van der Waals surface area contributed by atoms with Gasteiger partial charge in [0, 0.05) is 30.9 Å². The molecule has 0 radical (unpaired) electrons. The number of para-hydroxylation sites is 1. The standard InChI is InChI=1S/C26H26N2O3/c1-19(29)23-6-4-7-24(15-23)31-18-26(30)27-16-20-9-11-21(12-10-20)17-28-14-13-22-5-2-3-8-25(22)28/h2-12,15H,13-14,16-18H2,1H3,(H,27,30). The number of carbonyl (C=O) groups excluding carboxylic acids is 2. The number of Topliss-reactive ketones (excluding diaryl/α,β-unsaturated/α-hetero) is 1. The van der Waals surface area contributed by atoms with Crippen LogP contribution in [-0.4, -0.2) is 24.8 Å². The van der Waals surface area contributed by atoms with Crippen LogP contribution in [-0.2, 0) is 24.3 Å². The molecule has 5 nitrogen and oxygen atoms in total. The molecule has 0 fully saturated rings. The second-order valence-electron chi connectivity index (χ2n) is 7.77. The number of anilines is 1. The summed E-state index contributed by atoms with van der Waals surface area (Å²) in [6, 6.07) is 23.8. The van der Waals surface area contributed by atoms with E-state index < -0.39 is 0 Å². The smallest absolute Gasteiger partial charge is 0.258 e. The van der Waals surface area contributed by atoms with Gasteiger partial charge in [-0.1, -0.05) is 54.6 Å². The zero-order valence-electron chi connectivity index (χ0n) is 17.6. The maximum atomic E-state index is 12.1. The van der Waals surface area contributed by atoms with Crippen molar-refractivity contribution in [2.24, 2.45) is 0 Å². The number of hydrogen-bond acceptors (Lipinski definition) is 4. The van der Waals surface area contributed by atoms with E-state index in [1.54, 1.807) is 24.3 Å². The zero-order valence-corrected chi connectivity index (χ0v) is 17.6. The lowest BCUT2D eigenvalue weighted by molar-refractivity contribution is -0.123. The van der Waals surface area contributed by atoms with Crippen LogP contribution >= 0.6 is 0 Å². The summed E-state index contributed by atoms with van der Waals surface area (Å²) in [6.45, 7) is 3.79. The van der Waals surface area contributed by atoms with E-state index in [0.717, 1.165) is 25.1 Å². The van der Waals surface area contributed by atoms with Crippen molar-refractivity contribution in [2.45, 2.75) is 26.4 Å². The molecule has 3 aromatic rings. The predicted octanol–water partition coefficient (Wildman–Crippen LogP) is 4.15. The van der Waals surface area contributed by atoms with Gasteiger partial charge in [-0.15, -0.1) is 0 Å². The van der Waals surface area contributed by atoms with Crippen molar-refractivity contribution >= 4 is 17.4 Å². The van der Waals surface area contributed by atoms with E-state index >= 15 is 0 Å². The predicted molar refractivity (Wildman–Crippen MR) is 121 cm³/mol. The van der Waals surface area contributed by atoms with Gasteiger partial charge in [-0.25, -0.2) is 0 Å². The number of benzene rings is 3. The van der Waals surface area contributed by atoms with Gasteiger partial charge >= 0.3 is 0 Å². The Balaban J connectivity index is 1.24. The second-order valence-corrected chi connectivity index (χ2v) is 7.77. The maximum Gasteiger partial charge on any atom is 0.258 e. The fraction of sp³-hybridized carbons (Fsp3) is 0.231. The van der Waals surface area contributed by atoms with Crippen molar-refractivity contribution in [3.8, 4) is 5.75 Å². The van der Waals surface area contributed by atoms with Gasteiger partial charge in [0.1, 0.15) is 5.75 Å². The van der Waals surface area contributed by atoms with Gasteiger partial charge in [-0.2, -0.15) is 0 Å². The van der Waals surface area contributed by atoms with Crippen LogP contribution in [0.3, 0.4) is 0 Å². The maximum absolute atomic E-state index is 12.1. The molecule has 0 aliphatic carbocycles. The van der Waals surface area contributed by atoms with Crippen molar-refractivity contribution in [1.29, 1.82) is 0 Å². The van der Waals surface area contributed by atoms with E-state index in [-0.39, 0.29) is 18.3 Å². The number of nitrogens with zero attached hydrogens (tertiary/aromatic N) is 1. The number of nitrogens with one attached hydrogen (secondary N) is 1. The Morgan fingerprint density at radius 3 is 2.55 bits per heavy atom. The van der Waals surface area contributed by atoms with Gasteiger partial charge in [0.2, 0.25) is 0 Å². The Morgan fingerprint density at radius 1 is 0.968 bits per heavy atom. The molecule has 4 rings (SSSR count). The Kier molecular flexibility index (Phi) is 6.32. The number of amides is 1. The fourth-order valence-corrected chi connectivity index (χ4v) is 3.76. The van der Waals surface area contributed by atoms with E-state index in [0.29, 0.717) is 17.9 Å². The van der Waals surface area contributed by atoms with E-state index in [1.165, 1.54) is 23.7 Å². The number of hydrogen-bond donors (Lipinski definition) is 1. The van der Waals surface area contributed by atoms with Crippen molar-refractivity contribution in [2.75, 3.05) is 18.1 Å². The third kappa shape index (κ3) is 5.31. The quantitative estimate of drug-likeness (QED) is 0.563. The highest BCUT2D eigenvalue weighted by molar-refractivity contribution is 5.94. The first kappa shape index (κ1) is 20.7. The fourth-order valence-electron chi connectivity index (χ4n) is 3.76. The minimum atomic E-state index is -0.203. The number of rotatable bonds is 8. The van der Waals surface area contributed by atoms with Gasteiger partial charge in [-0.3, -0.25) is 9.59 Å². The molecular formula is C26H26N2O3. The normalized spacial score (nSPS) is 12.4. The van der Waals surface area contributed by atoms with Crippen molar-refractivity contribution in [1.82, 2.24) is 5.32 Å². The molecule has 1 amide bonds. The second kappa shape index (κ2) is 9.47. The van der Waals surface area contributed by atoms with Crippen LogP contribution in [0.2, 0.25) is 0 Å². The van der Waals surface area contributed by atoms with E-state index in [4.69, 9.17) is 4.74 Å². The molecule has 1 aliphatic heterocycles. The Morgan fingerprint density at radius 2 is 1.74 bits per heavy atom. The summed E-state index contributed by atoms with van der Waals surface area (Å²) in [6.07, 6.45) is 1.10. The highest BCUT2D eigenvalue weighted by Gasteiger charge is 2.18. The Bertz CT molecular complexity index is 1080. The summed E-state index contributed by atoms with van der Waals surface area (Å²) in [5.41, 5.74) is 5.60. The average Bonchev–Trinajstić information content (AvgIpc) is 3.20. The number of fused-ring (bicyclic) bond motifs is 1. The monoisotopic (exact) mass is 414 g/mol. The molecule has 5 heteroatoms. The van der Waals surface area contributed by atoms with Crippen LogP contribution in [0.15, 0.2) is 72.8 Å². The van der Waals surface area contributed by atoms with Gasteiger partial charge in [-0.05, 0) is 48.2 Å².